The van der Waals surface area contributed by atoms with Crippen LogP contribution in [0.1, 0.15) is 11.1 Å². The molecule has 0 aliphatic rings. The molecule has 0 amide bonds. The molecule has 3 aromatic rings. The summed E-state index contributed by atoms with van der Waals surface area (Å²) < 4.78 is 5.50. The van der Waals surface area contributed by atoms with Gasteiger partial charge in [0.1, 0.15) is 12.8 Å². The van der Waals surface area contributed by atoms with Gasteiger partial charge in [-0.3, -0.25) is 0 Å². The summed E-state index contributed by atoms with van der Waals surface area (Å²) >= 11 is 0. The molecule has 0 fully saturated rings. The van der Waals surface area contributed by atoms with Crippen LogP contribution in [0.5, 0.6) is 5.88 Å². The molecule has 0 unspecified atom stereocenters. The molecule has 116 valence electrons. The fourth-order valence-corrected chi connectivity index (χ4v) is 2.10. The number of aromatic amines is 1. The van der Waals surface area contributed by atoms with E-state index in [-0.39, 0.29) is 6.15 Å². The van der Waals surface area contributed by atoms with Crippen LogP contribution in [-0.4, -0.2) is 21.6 Å². The van der Waals surface area contributed by atoms with E-state index in [0.717, 1.165) is 5.56 Å². The van der Waals surface area contributed by atoms with Gasteiger partial charge in [0, 0.05) is 0 Å². The monoisotopic (exact) mass is 309 g/mol. The Morgan fingerprint density at radius 2 is 1.78 bits per heavy atom. The molecule has 23 heavy (non-hydrogen) atoms. The largest absolute Gasteiger partial charge is 0.471 e. The molecule has 1 aromatic heterocycles. The maximum absolute atomic E-state index is 8.12. The maximum Gasteiger partial charge on any atom is 0.373 e. The second-order valence-electron chi connectivity index (χ2n) is 4.69. The van der Waals surface area contributed by atoms with E-state index in [4.69, 9.17) is 14.3 Å². The van der Waals surface area contributed by atoms with E-state index >= 15 is 0 Å². The second-order valence-corrected chi connectivity index (χ2v) is 4.69. The number of benzene rings is 2. The van der Waals surface area contributed by atoms with E-state index in [9.17, 15) is 0 Å². The average molecular weight is 309 g/mol. The fourth-order valence-electron chi connectivity index (χ4n) is 2.10. The van der Waals surface area contributed by atoms with Crippen LogP contribution in [0.4, 0.5) is 0 Å². The highest BCUT2D eigenvalue weighted by atomic mass is 16.5. The first kappa shape index (κ1) is 16.1. The van der Waals surface area contributed by atoms with Crippen LogP contribution in [-0.2, 0) is 16.2 Å². The summed E-state index contributed by atoms with van der Waals surface area (Å²) in [6, 6.07) is 16.7. The van der Waals surface area contributed by atoms with Crippen molar-refractivity contribution in [2.75, 3.05) is 0 Å². The number of nitrogens with one attached hydrogen (secondary N) is 1. The van der Waals surface area contributed by atoms with Gasteiger partial charge >= 0.3 is 6.15 Å². The van der Waals surface area contributed by atoms with Crippen LogP contribution in [0.3, 0.4) is 0 Å². The van der Waals surface area contributed by atoms with Crippen LogP contribution in [0.25, 0.3) is 11.1 Å². The highest BCUT2D eigenvalue weighted by Crippen LogP contribution is 2.23. The van der Waals surface area contributed by atoms with Crippen LogP contribution in [0, 0.1) is 6.92 Å². The second kappa shape index (κ2) is 8.26. The predicted octanol–water partition coefficient (Wildman–Crippen LogP) is 2.78. The molecular formula is C17H15N3O3. The van der Waals surface area contributed by atoms with Crippen molar-refractivity contribution in [2.45, 2.75) is 13.5 Å². The van der Waals surface area contributed by atoms with Gasteiger partial charge in [-0.1, -0.05) is 48.5 Å². The normalized spacial score (nSPS) is 9.43. The van der Waals surface area contributed by atoms with Crippen molar-refractivity contribution in [3.05, 3.63) is 65.9 Å². The maximum atomic E-state index is 8.12. The zero-order valence-electron chi connectivity index (χ0n) is 12.5. The number of nitrogens with zero attached hydrogens (tertiary/aromatic N) is 2. The zero-order chi connectivity index (χ0) is 16.5. The predicted molar refractivity (Wildman–Crippen MR) is 82.3 cm³/mol. The third kappa shape index (κ3) is 4.62. The molecule has 0 bridgehead atoms. The minimum Gasteiger partial charge on any atom is -0.471 e. The summed E-state index contributed by atoms with van der Waals surface area (Å²) in [5, 5.41) is 10.1. The molecule has 0 aliphatic heterocycles. The molecule has 6 nitrogen and oxygen atoms in total. The van der Waals surface area contributed by atoms with Gasteiger partial charge in [0.05, 0.1) is 0 Å². The van der Waals surface area contributed by atoms with Crippen molar-refractivity contribution < 1.29 is 14.3 Å². The zero-order valence-corrected chi connectivity index (χ0v) is 12.5. The number of aryl methyl sites for hydroxylation is 1. The van der Waals surface area contributed by atoms with Gasteiger partial charge in [-0.15, -0.1) is 5.10 Å². The van der Waals surface area contributed by atoms with Crippen LogP contribution >= 0.6 is 0 Å². The van der Waals surface area contributed by atoms with Crippen molar-refractivity contribution in [2.24, 2.45) is 0 Å². The summed E-state index contributed by atoms with van der Waals surface area (Å²) in [4.78, 5) is 16.2. The average Bonchev–Trinajstić information content (AvgIpc) is 3.08. The van der Waals surface area contributed by atoms with Crippen molar-refractivity contribution in [1.29, 1.82) is 0 Å². The highest BCUT2D eigenvalue weighted by Gasteiger charge is 2.02. The SMILES string of the molecule is Cc1ccccc1-c1ccc(COc2cn[nH]n2)cc1.O=C=O. The molecule has 0 radical (unpaired) electrons. The smallest absolute Gasteiger partial charge is 0.373 e. The number of aromatic nitrogens is 3. The van der Waals surface area contributed by atoms with Crippen LogP contribution in [0.2, 0.25) is 0 Å². The minimum absolute atomic E-state index is 0.250. The first-order valence-corrected chi connectivity index (χ1v) is 6.87. The van der Waals surface area contributed by atoms with Gasteiger partial charge in [0.15, 0.2) is 0 Å². The Kier molecular flexibility index (Phi) is 5.80. The van der Waals surface area contributed by atoms with Crippen molar-refractivity contribution >= 4 is 6.15 Å². The molecule has 0 spiro atoms. The molecular weight excluding hydrogens is 294 g/mol. The standard InChI is InChI=1S/C16H15N3O.CO2/c1-12-4-2-3-5-15(12)14-8-6-13(7-9-14)11-20-16-10-17-19-18-16;2-1-3/h2-10H,11H2,1H3,(H,17,18,19);. The Morgan fingerprint density at radius 3 is 2.39 bits per heavy atom. The summed E-state index contributed by atoms with van der Waals surface area (Å²) in [6.45, 7) is 2.61. The molecule has 3 rings (SSSR count). The third-order valence-corrected chi connectivity index (χ3v) is 3.19. The lowest BCUT2D eigenvalue weighted by molar-refractivity contribution is -0.191. The molecule has 0 atom stereocenters. The number of hydrogen-bond donors (Lipinski definition) is 1. The highest BCUT2D eigenvalue weighted by molar-refractivity contribution is 5.67. The fraction of sp³-hybridized carbons (Fsp3) is 0.118. The van der Waals surface area contributed by atoms with Crippen LogP contribution in [0.15, 0.2) is 54.7 Å². The molecule has 0 saturated carbocycles. The number of hydrogen-bond acceptors (Lipinski definition) is 5. The molecule has 0 saturated heterocycles. The summed E-state index contributed by atoms with van der Waals surface area (Å²) in [7, 11) is 0. The number of rotatable bonds is 4. The molecule has 0 aliphatic carbocycles. The number of ether oxygens (including phenoxy) is 1. The first-order chi connectivity index (χ1) is 11.2. The molecule has 1 N–H and O–H groups in total. The van der Waals surface area contributed by atoms with E-state index in [1.807, 2.05) is 0 Å². The van der Waals surface area contributed by atoms with Gasteiger partial charge in [0.2, 0.25) is 0 Å². The summed E-state index contributed by atoms with van der Waals surface area (Å²) in [6.07, 6.45) is 1.81. The van der Waals surface area contributed by atoms with E-state index < -0.39 is 0 Å². The number of carbonyl (C=O) groups excluding carboxylic acids is 2. The van der Waals surface area contributed by atoms with E-state index in [2.05, 4.69) is 70.9 Å². The third-order valence-electron chi connectivity index (χ3n) is 3.19. The van der Waals surface area contributed by atoms with Gasteiger partial charge in [0.25, 0.3) is 5.88 Å². The van der Waals surface area contributed by atoms with E-state index in [1.165, 1.54) is 16.7 Å². The first-order valence-electron chi connectivity index (χ1n) is 6.87. The van der Waals surface area contributed by atoms with Crippen molar-refractivity contribution in [3.63, 3.8) is 0 Å². The van der Waals surface area contributed by atoms with Gasteiger partial charge < -0.3 is 4.74 Å². The quantitative estimate of drug-likeness (QED) is 0.801. The molecule has 2 aromatic carbocycles. The Morgan fingerprint density at radius 1 is 1.09 bits per heavy atom. The molecule has 1 heterocycles. The van der Waals surface area contributed by atoms with Gasteiger partial charge in [-0.05, 0) is 29.2 Å². The summed E-state index contributed by atoms with van der Waals surface area (Å²) in [5.41, 5.74) is 4.86. The van der Waals surface area contributed by atoms with Crippen molar-refractivity contribution in [3.8, 4) is 17.0 Å². The Labute approximate surface area is 133 Å². The lowest BCUT2D eigenvalue weighted by Gasteiger charge is -2.07. The Hall–Kier alpha value is -3.24. The lowest BCUT2D eigenvalue weighted by Crippen LogP contribution is -1.95. The summed E-state index contributed by atoms with van der Waals surface area (Å²) in [5.74, 6) is 0.507. The van der Waals surface area contributed by atoms with Gasteiger partial charge in [-0.2, -0.15) is 19.9 Å². The number of H-pyrrole nitrogens is 1. The van der Waals surface area contributed by atoms with E-state index in [0.29, 0.717) is 12.5 Å². The van der Waals surface area contributed by atoms with Crippen molar-refractivity contribution in [1.82, 2.24) is 15.4 Å². The van der Waals surface area contributed by atoms with Gasteiger partial charge in [-0.25, -0.2) is 0 Å². The van der Waals surface area contributed by atoms with Crippen LogP contribution < -0.4 is 4.74 Å². The molecule has 6 heteroatoms. The Bertz CT molecular complexity index is 762. The Balaban J connectivity index is 0.000000595. The minimum atomic E-state index is 0.250. The van der Waals surface area contributed by atoms with E-state index in [1.54, 1.807) is 6.20 Å². The topological polar surface area (TPSA) is 84.9 Å². The lowest BCUT2D eigenvalue weighted by atomic mass is 10.00.